The number of carbonyl (C=O) groups excluding carboxylic acids is 2. The summed E-state index contributed by atoms with van der Waals surface area (Å²) in [5.41, 5.74) is 1.73. The van der Waals surface area contributed by atoms with E-state index < -0.39 is 20.0 Å². The topological polar surface area (TPSA) is 203 Å². The number of nitrogens with one attached hydrogen (secondary N) is 2. The molecule has 16 heteroatoms. The third-order valence-electron chi connectivity index (χ3n) is 12.8. The molecule has 0 aliphatic heterocycles. The molecule has 0 bridgehead atoms. The van der Waals surface area contributed by atoms with Gasteiger partial charge in [-0.2, -0.15) is 0 Å². The number of ether oxygens (including phenoxy) is 2. The van der Waals surface area contributed by atoms with Crippen molar-refractivity contribution in [3.8, 4) is 23.0 Å². The summed E-state index contributed by atoms with van der Waals surface area (Å²) in [6, 6.07) is 24.5. The molecule has 0 atom stereocenters. The van der Waals surface area contributed by atoms with E-state index in [4.69, 9.17) is 19.8 Å². The number of sulfonamides is 2. The molecule has 0 radical (unpaired) electrons. The van der Waals surface area contributed by atoms with Gasteiger partial charge in [0.15, 0.2) is 11.5 Å². The van der Waals surface area contributed by atoms with Gasteiger partial charge in [0.25, 0.3) is 11.8 Å². The fraction of sp³-hybridized carbons (Fsp3) is 0.519. The summed E-state index contributed by atoms with van der Waals surface area (Å²) in [7, 11) is -8.34. The van der Waals surface area contributed by atoms with Crippen molar-refractivity contribution in [1.82, 2.24) is 10.6 Å². The number of primary sulfonamides is 2. The van der Waals surface area contributed by atoms with E-state index in [1.807, 2.05) is 36.4 Å². The highest BCUT2D eigenvalue weighted by Crippen LogP contribution is 2.41. The molecule has 2 aliphatic carbocycles. The third kappa shape index (κ3) is 17.0. The first kappa shape index (κ1) is 55.8. The molecule has 0 heterocycles. The summed E-state index contributed by atoms with van der Waals surface area (Å²) in [5.74, 6) is 0.786. The number of carbonyl (C=O) groups is 2. The van der Waals surface area contributed by atoms with Crippen LogP contribution in [0.1, 0.15) is 164 Å². The molecule has 70 heavy (non-hydrogen) atoms. The Labute approximate surface area is 418 Å². The van der Waals surface area contributed by atoms with Gasteiger partial charge in [0, 0.05) is 49.4 Å². The van der Waals surface area contributed by atoms with Crippen molar-refractivity contribution in [1.29, 1.82) is 0 Å². The van der Waals surface area contributed by atoms with Crippen LogP contribution in [0.2, 0.25) is 0 Å². The summed E-state index contributed by atoms with van der Waals surface area (Å²) >= 11 is 0. The molecular formula is C54H78N6O8S2. The molecule has 2 aliphatic rings. The lowest BCUT2D eigenvalue weighted by Gasteiger charge is -2.28. The number of hydrogen-bond acceptors (Lipinski definition) is 10. The fourth-order valence-electron chi connectivity index (χ4n) is 8.88. The highest BCUT2D eigenvalue weighted by atomic mass is 32.2. The van der Waals surface area contributed by atoms with Crippen LogP contribution < -0.4 is 40.2 Å². The minimum Gasteiger partial charge on any atom is -0.454 e. The van der Waals surface area contributed by atoms with E-state index in [0.29, 0.717) is 22.9 Å². The van der Waals surface area contributed by atoms with Gasteiger partial charge in [-0.3, -0.25) is 9.59 Å². The summed E-state index contributed by atoms with van der Waals surface area (Å²) in [5, 5.41) is 17.6. The maximum absolute atomic E-state index is 13.4. The van der Waals surface area contributed by atoms with Crippen molar-refractivity contribution in [2.75, 3.05) is 36.0 Å². The van der Waals surface area contributed by atoms with Gasteiger partial charge in [0.1, 0.15) is 21.3 Å². The van der Waals surface area contributed by atoms with Gasteiger partial charge in [0.2, 0.25) is 20.0 Å². The number of benzene rings is 4. The number of para-hydroxylation sites is 2. The van der Waals surface area contributed by atoms with Gasteiger partial charge in [-0.1, -0.05) is 128 Å². The minimum absolute atomic E-state index is 0.0953. The summed E-state index contributed by atoms with van der Waals surface area (Å²) < 4.78 is 63.4. The van der Waals surface area contributed by atoms with Crippen LogP contribution in [0.15, 0.2) is 94.7 Å². The molecule has 6 rings (SSSR count). The van der Waals surface area contributed by atoms with Gasteiger partial charge in [-0.05, 0) is 99.9 Å². The predicted octanol–water partition coefficient (Wildman–Crippen LogP) is 11.2. The number of hydrogen-bond donors (Lipinski definition) is 4. The molecule has 6 N–H and O–H groups in total. The Hall–Kier alpha value is -5.16. The zero-order chi connectivity index (χ0) is 50.5. The summed E-state index contributed by atoms with van der Waals surface area (Å²) in [4.78, 5) is 30.4. The van der Waals surface area contributed by atoms with Crippen molar-refractivity contribution in [3.05, 3.63) is 96.1 Å². The number of amides is 2. The van der Waals surface area contributed by atoms with Crippen LogP contribution in [-0.2, 0) is 20.0 Å². The first-order valence-corrected chi connectivity index (χ1v) is 28.7. The average Bonchev–Trinajstić information content (AvgIpc) is 3.72. The lowest BCUT2D eigenvalue weighted by atomic mass is 10.1. The van der Waals surface area contributed by atoms with Crippen LogP contribution in [0.5, 0.6) is 23.0 Å². The average molecular weight is 1000 g/mol. The minimum atomic E-state index is -4.18. The van der Waals surface area contributed by atoms with E-state index >= 15 is 0 Å². The predicted molar refractivity (Wildman–Crippen MR) is 281 cm³/mol. The van der Waals surface area contributed by atoms with Crippen molar-refractivity contribution >= 4 is 43.2 Å². The van der Waals surface area contributed by atoms with Gasteiger partial charge < -0.3 is 29.9 Å². The van der Waals surface area contributed by atoms with Gasteiger partial charge in [0.05, 0.1) is 11.4 Å². The highest BCUT2D eigenvalue weighted by molar-refractivity contribution is 7.89. The van der Waals surface area contributed by atoms with E-state index in [1.54, 1.807) is 36.4 Å². The maximum Gasteiger partial charge on any atom is 0.251 e. The summed E-state index contributed by atoms with van der Waals surface area (Å²) in [6.45, 7) is 11.3. The Morgan fingerprint density at radius 3 is 1.13 bits per heavy atom. The summed E-state index contributed by atoms with van der Waals surface area (Å²) in [6.07, 6.45) is 18.1. The first-order chi connectivity index (χ1) is 33.7. The molecule has 2 amide bonds. The number of rotatable bonds is 24. The number of nitrogens with two attached hydrogens (primary N) is 2. The molecule has 2 saturated carbocycles. The van der Waals surface area contributed by atoms with Crippen LogP contribution in [-0.4, -0.2) is 66.9 Å². The van der Waals surface area contributed by atoms with Crippen LogP contribution in [0.4, 0.5) is 11.4 Å². The normalized spacial score (nSPS) is 14.5. The highest BCUT2D eigenvalue weighted by Gasteiger charge is 2.29. The molecule has 14 nitrogen and oxygen atoms in total. The van der Waals surface area contributed by atoms with Crippen LogP contribution in [0.25, 0.3) is 0 Å². The number of nitrogens with zero attached hydrogens (tertiary/aromatic N) is 2. The standard InChI is InChI=1S/C28H41N3O4S.C26H37N3O4S/c1-3-5-18-31(19-6-4-2)25-20-22(28(32)30-23-14-10-7-8-11-15-23)21-26(36(29,33)34)27(25)35-24-16-12-9-13-17-24;1-3-5-16-29(17-6-4-2)23-18-20(26(30)28-21-12-10-11-13-21)19-24(34(27,31)32)25(23)33-22-14-8-7-9-15-22/h9,12-13,16-17,20-21,23H,3-8,10-11,14-15,18-19H2,1-2H3,(H,30,32)(H2,29,33,34);7-9,14-15,18-19,21H,3-6,10-13,16-17H2,1-2H3,(H,28,30)(H2,27,31,32). The van der Waals surface area contributed by atoms with E-state index in [1.165, 1.54) is 25.0 Å². The Morgan fingerprint density at radius 1 is 0.514 bits per heavy atom. The molecule has 0 spiro atoms. The monoisotopic (exact) mass is 1000 g/mol. The van der Waals surface area contributed by atoms with Gasteiger partial charge in [-0.25, -0.2) is 27.1 Å². The Kier molecular flexibility index (Phi) is 22.3. The van der Waals surface area contributed by atoms with Crippen molar-refractivity contribution in [2.24, 2.45) is 10.3 Å². The number of anilines is 2. The zero-order valence-electron chi connectivity index (χ0n) is 41.9. The SMILES string of the molecule is CCCCN(CCCC)c1cc(C(=O)NC2CCCC2)cc(S(N)(=O)=O)c1Oc1ccccc1.CCCCN(CCCC)c1cc(C(=O)NC2CCCCCC2)cc(S(N)(=O)=O)c1Oc1ccccc1. The van der Waals surface area contributed by atoms with E-state index in [0.717, 1.165) is 129 Å². The van der Waals surface area contributed by atoms with E-state index in [9.17, 15) is 26.4 Å². The lowest BCUT2D eigenvalue weighted by Crippen LogP contribution is -2.35. The zero-order valence-corrected chi connectivity index (χ0v) is 43.6. The molecule has 0 unspecified atom stereocenters. The molecule has 0 aromatic heterocycles. The maximum atomic E-state index is 13.4. The second-order valence-corrected chi connectivity index (χ2v) is 21.6. The molecule has 384 valence electrons. The molecule has 2 fully saturated rings. The first-order valence-electron chi connectivity index (χ1n) is 25.7. The molecule has 4 aromatic rings. The number of unbranched alkanes of at least 4 members (excludes halogenated alkanes) is 4. The van der Waals surface area contributed by atoms with Crippen LogP contribution >= 0.6 is 0 Å². The van der Waals surface area contributed by atoms with E-state index in [-0.39, 0.29) is 56.3 Å². The molecule has 4 aromatic carbocycles. The Morgan fingerprint density at radius 2 is 0.829 bits per heavy atom. The third-order valence-corrected chi connectivity index (χ3v) is 14.7. The lowest BCUT2D eigenvalue weighted by molar-refractivity contribution is 0.0926. The fourth-order valence-corrected chi connectivity index (χ4v) is 10.3. The Bertz CT molecular complexity index is 2460. The quantitative estimate of drug-likeness (QED) is 0.0489. The molecule has 0 saturated heterocycles. The van der Waals surface area contributed by atoms with E-state index in [2.05, 4.69) is 48.1 Å². The van der Waals surface area contributed by atoms with Crippen LogP contribution in [0, 0.1) is 0 Å². The van der Waals surface area contributed by atoms with Crippen LogP contribution in [0.3, 0.4) is 0 Å². The van der Waals surface area contributed by atoms with Gasteiger partial charge >= 0.3 is 0 Å². The Balaban J connectivity index is 0.000000261. The van der Waals surface area contributed by atoms with Crippen molar-refractivity contribution < 1.29 is 35.9 Å². The van der Waals surface area contributed by atoms with Crippen molar-refractivity contribution in [3.63, 3.8) is 0 Å². The van der Waals surface area contributed by atoms with Gasteiger partial charge in [-0.15, -0.1) is 0 Å². The largest absolute Gasteiger partial charge is 0.454 e. The molecular weight excluding hydrogens is 925 g/mol. The smallest absolute Gasteiger partial charge is 0.251 e. The second-order valence-electron chi connectivity index (χ2n) is 18.6. The second kappa shape index (κ2) is 28.0. The van der Waals surface area contributed by atoms with Crippen molar-refractivity contribution in [2.45, 2.75) is 165 Å².